The van der Waals surface area contributed by atoms with E-state index < -0.39 is 17.8 Å². The lowest BCUT2D eigenvalue weighted by molar-refractivity contribution is 0.144. The molecule has 1 unspecified atom stereocenters. The topological polar surface area (TPSA) is 12.5 Å². The fourth-order valence-electron chi connectivity index (χ4n) is 3.88. The lowest BCUT2D eigenvalue weighted by Crippen LogP contribution is -2.04. The first kappa shape index (κ1) is 20.7. The third kappa shape index (κ3) is 4.59. The van der Waals surface area contributed by atoms with Crippen molar-refractivity contribution >= 4 is 0 Å². The van der Waals surface area contributed by atoms with Crippen molar-refractivity contribution in [2.75, 3.05) is 6.61 Å². The van der Waals surface area contributed by atoms with Gasteiger partial charge in [0.05, 0.1) is 12.2 Å². The second-order valence-corrected chi connectivity index (χ2v) is 7.81. The Labute approximate surface area is 175 Å². The first-order chi connectivity index (χ1) is 14.6. The molecule has 0 bridgehead atoms. The van der Waals surface area contributed by atoms with Crippen molar-refractivity contribution < 1.29 is 17.9 Å². The third-order valence-electron chi connectivity index (χ3n) is 5.66. The smallest absolute Gasteiger partial charge is 0.266 e. The minimum absolute atomic E-state index is 0.239. The van der Waals surface area contributed by atoms with Gasteiger partial charge in [-0.3, -0.25) is 0 Å². The molecular formula is C26H25F3O. The van der Waals surface area contributed by atoms with Crippen LogP contribution in [0.15, 0.2) is 60.7 Å². The summed E-state index contributed by atoms with van der Waals surface area (Å²) in [5.41, 5.74) is 4.77. The molecule has 1 fully saturated rings. The molecule has 0 spiro atoms. The molecular weight excluding hydrogens is 385 g/mol. The van der Waals surface area contributed by atoms with Gasteiger partial charge in [-0.05, 0) is 47.1 Å². The van der Waals surface area contributed by atoms with Crippen LogP contribution in [0.1, 0.15) is 53.7 Å². The van der Waals surface area contributed by atoms with E-state index in [4.69, 9.17) is 4.74 Å². The number of rotatable bonds is 8. The van der Waals surface area contributed by atoms with Crippen molar-refractivity contribution in [2.24, 2.45) is 0 Å². The van der Waals surface area contributed by atoms with Gasteiger partial charge < -0.3 is 4.74 Å². The Bertz CT molecular complexity index is 990. The second-order valence-electron chi connectivity index (χ2n) is 7.81. The fourth-order valence-corrected chi connectivity index (χ4v) is 3.88. The summed E-state index contributed by atoms with van der Waals surface area (Å²) in [7, 11) is 0. The summed E-state index contributed by atoms with van der Waals surface area (Å²) in [6, 6.07) is 19.9. The van der Waals surface area contributed by atoms with Crippen LogP contribution in [0.2, 0.25) is 0 Å². The Kier molecular flexibility index (Phi) is 6.24. The predicted octanol–water partition coefficient (Wildman–Crippen LogP) is 7.24. The first-order valence-corrected chi connectivity index (χ1v) is 10.5. The molecule has 0 amide bonds. The molecule has 4 heteroatoms. The van der Waals surface area contributed by atoms with Crippen LogP contribution in [-0.4, -0.2) is 6.61 Å². The third-order valence-corrected chi connectivity index (χ3v) is 5.66. The van der Waals surface area contributed by atoms with Crippen molar-refractivity contribution in [3.05, 3.63) is 94.3 Å². The Hall–Kier alpha value is -2.59. The monoisotopic (exact) mass is 410 g/mol. The molecule has 0 saturated carbocycles. The molecule has 0 aromatic heterocycles. The maximum absolute atomic E-state index is 14.6. The van der Waals surface area contributed by atoms with Crippen LogP contribution in [-0.2, 0) is 24.0 Å². The van der Waals surface area contributed by atoms with Crippen LogP contribution in [0, 0.1) is 5.82 Å². The van der Waals surface area contributed by atoms with Crippen LogP contribution in [0.3, 0.4) is 0 Å². The van der Waals surface area contributed by atoms with Crippen molar-refractivity contribution in [1.82, 2.24) is 0 Å². The van der Waals surface area contributed by atoms with Crippen molar-refractivity contribution in [1.29, 1.82) is 0 Å². The van der Waals surface area contributed by atoms with E-state index >= 15 is 0 Å². The van der Waals surface area contributed by atoms with E-state index in [0.717, 1.165) is 29.5 Å². The van der Waals surface area contributed by atoms with Gasteiger partial charge in [0.15, 0.2) is 0 Å². The van der Waals surface area contributed by atoms with E-state index in [-0.39, 0.29) is 11.7 Å². The lowest BCUT2D eigenvalue weighted by Gasteiger charge is -2.13. The quantitative estimate of drug-likeness (QED) is 0.357. The van der Waals surface area contributed by atoms with Crippen LogP contribution in [0.4, 0.5) is 13.2 Å². The number of hydrogen-bond acceptors (Lipinski definition) is 1. The van der Waals surface area contributed by atoms with E-state index in [2.05, 4.69) is 31.2 Å². The zero-order valence-corrected chi connectivity index (χ0v) is 17.0. The molecule has 0 aliphatic carbocycles. The Morgan fingerprint density at radius 3 is 1.90 bits per heavy atom. The highest BCUT2D eigenvalue weighted by atomic mass is 19.3. The van der Waals surface area contributed by atoms with Gasteiger partial charge in [0, 0.05) is 5.56 Å². The Balaban J connectivity index is 1.46. The maximum Gasteiger partial charge on any atom is 0.266 e. The fraction of sp³-hybridized carbons (Fsp3) is 0.308. The van der Waals surface area contributed by atoms with Gasteiger partial charge in [-0.15, -0.1) is 0 Å². The van der Waals surface area contributed by atoms with Crippen molar-refractivity contribution in [3.8, 4) is 11.1 Å². The van der Waals surface area contributed by atoms with Crippen molar-refractivity contribution in [2.45, 2.75) is 45.1 Å². The summed E-state index contributed by atoms with van der Waals surface area (Å²) in [6.45, 7) is 2.56. The SMILES string of the molecule is CCCc1ccc(-c2ccc(CCc3ccc(C4CO4)c(F)c3C(F)F)cc2)cc1. The molecule has 0 N–H and O–H groups in total. The molecule has 1 nitrogen and oxygen atoms in total. The predicted molar refractivity (Wildman–Crippen MR) is 113 cm³/mol. The maximum atomic E-state index is 14.6. The molecule has 4 rings (SSSR count). The average Bonchev–Trinajstić information content (AvgIpc) is 3.58. The second kappa shape index (κ2) is 9.05. The number of benzene rings is 3. The van der Waals surface area contributed by atoms with Gasteiger partial charge in [0.25, 0.3) is 6.43 Å². The van der Waals surface area contributed by atoms with E-state index in [9.17, 15) is 13.2 Å². The molecule has 0 radical (unpaired) electrons. The molecule has 3 aromatic rings. The van der Waals surface area contributed by atoms with E-state index in [1.165, 1.54) is 5.56 Å². The van der Waals surface area contributed by atoms with Crippen molar-refractivity contribution in [3.63, 3.8) is 0 Å². The minimum Gasteiger partial charge on any atom is -0.368 e. The highest BCUT2D eigenvalue weighted by Gasteiger charge is 2.31. The largest absolute Gasteiger partial charge is 0.368 e. The summed E-state index contributed by atoms with van der Waals surface area (Å²) in [4.78, 5) is 0. The van der Waals surface area contributed by atoms with Gasteiger partial charge in [0.1, 0.15) is 11.9 Å². The average molecular weight is 410 g/mol. The number of epoxide rings is 1. The summed E-state index contributed by atoms with van der Waals surface area (Å²) < 4.78 is 46.6. The number of alkyl halides is 2. The van der Waals surface area contributed by atoms with Gasteiger partial charge in [0.2, 0.25) is 0 Å². The number of halogens is 3. The van der Waals surface area contributed by atoms with Gasteiger partial charge >= 0.3 is 0 Å². The molecule has 3 aromatic carbocycles. The normalized spacial score (nSPS) is 15.6. The summed E-state index contributed by atoms with van der Waals surface area (Å²) in [5.74, 6) is -0.813. The summed E-state index contributed by atoms with van der Waals surface area (Å²) in [5, 5.41) is 0. The summed E-state index contributed by atoms with van der Waals surface area (Å²) >= 11 is 0. The standard InChI is InChI=1S/C26H25F3O/c1-2-3-17-4-9-19(10-5-17)20-11-6-18(7-12-20)8-13-21-14-15-22(23-16-30-23)25(27)24(21)26(28)29/h4-7,9-12,14-15,23,26H,2-3,8,13,16H2,1H3. The summed E-state index contributed by atoms with van der Waals surface area (Å²) in [6.07, 6.45) is -0.0594. The molecule has 1 saturated heterocycles. The zero-order chi connectivity index (χ0) is 21.1. The molecule has 1 atom stereocenters. The molecule has 1 heterocycles. The van der Waals surface area contributed by atoms with Gasteiger partial charge in [-0.25, -0.2) is 13.2 Å². The van der Waals surface area contributed by atoms with E-state index in [1.54, 1.807) is 12.1 Å². The molecule has 1 aliphatic rings. The molecule has 30 heavy (non-hydrogen) atoms. The van der Waals surface area contributed by atoms with Gasteiger partial charge in [-0.2, -0.15) is 0 Å². The zero-order valence-electron chi connectivity index (χ0n) is 17.0. The number of ether oxygens (including phenoxy) is 1. The highest BCUT2D eigenvalue weighted by molar-refractivity contribution is 5.64. The minimum atomic E-state index is -2.84. The Morgan fingerprint density at radius 2 is 1.40 bits per heavy atom. The lowest BCUT2D eigenvalue weighted by atomic mass is 9.95. The molecule has 156 valence electrons. The van der Waals surface area contributed by atoms with E-state index in [1.807, 2.05) is 24.3 Å². The van der Waals surface area contributed by atoms with Crippen LogP contribution in [0.5, 0.6) is 0 Å². The van der Waals surface area contributed by atoms with Gasteiger partial charge in [-0.1, -0.05) is 74.0 Å². The Morgan fingerprint density at radius 1 is 0.833 bits per heavy atom. The first-order valence-electron chi connectivity index (χ1n) is 10.5. The molecule has 1 aliphatic heterocycles. The van der Waals surface area contributed by atoms with Crippen LogP contribution in [0.25, 0.3) is 11.1 Å². The highest BCUT2D eigenvalue weighted by Crippen LogP contribution is 2.37. The number of aryl methyl sites for hydroxylation is 3. The van der Waals surface area contributed by atoms with Crippen LogP contribution < -0.4 is 0 Å². The van der Waals surface area contributed by atoms with E-state index in [0.29, 0.717) is 25.0 Å². The number of hydrogen-bond donors (Lipinski definition) is 0. The van der Waals surface area contributed by atoms with Crippen LogP contribution >= 0.6 is 0 Å².